The number of non-ortho nitro benzene ring substituents is 1. The van der Waals surface area contributed by atoms with Crippen molar-refractivity contribution in [1.29, 1.82) is 0 Å². The van der Waals surface area contributed by atoms with Crippen LogP contribution in [0.1, 0.15) is 5.56 Å². The van der Waals surface area contributed by atoms with Gasteiger partial charge in [-0.15, -0.1) is 0 Å². The third-order valence-electron chi connectivity index (χ3n) is 4.35. The van der Waals surface area contributed by atoms with E-state index in [1.165, 1.54) is 24.4 Å². The van der Waals surface area contributed by atoms with Crippen LogP contribution in [0.25, 0.3) is 16.9 Å². The van der Waals surface area contributed by atoms with Crippen molar-refractivity contribution in [1.82, 2.24) is 9.38 Å². The smallest absolute Gasteiger partial charge is 0.286 e. The Bertz CT molecular complexity index is 1200. The van der Waals surface area contributed by atoms with Gasteiger partial charge in [-0.25, -0.2) is 4.98 Å². The maximum absolute atomic E-state index is 10.9. The van der Waals surface area contributed by atoms with Gasteiger partial charge in [0.15, 0.2) is 0 Å². The molecule has 0 aliphatic carbocycles. The Hall–Kier alpha value is -4.27. The monoisotopic (exact) mass is 390 g/mol. The minimum Gasteiger partial charge on any atom is -0.489 e. The van der Waals surface area contributed by atoms with Crippen LogP contribution in [-0.2, 0) is 6.61 Å². The van der Waals surface area contributed by atoms with Gasteiger partial charge in [0.05, 0.1) is 21.7 Å². The van der Waals surface area contributed by atoms with Crippen LogP contribution in [0.2, 0.25) is 0 Å². The summed E-state index contributed by atoms with van der Waals surface area (Å²) in [6.45, 7) is 0.287. The van der Waals surface area contributed by atoms with Crippen molar-refractivity contribution in [3.8, 4) is 17.0 Å². The Kier molecular flexibility index (Phi) is 4.62. The lowest BCUT2D eigenvalue weighted by Gasteiger charge is -2.06. The molecule has 0 bridgehead atoms. The van der Waals surface area contributed by atoms with Gasteiger partial charge in [-0.3, -0.25) is 24.6 Å². The van der Waals surface area contributed by atoms with Crippen molar-refractivity contribution in [2.45, 2.75) is 6.61 Å². The van der Waals surface area contributed by atoms with E-state index in [4.69, 9.17) is 4.74 Å². The van der Waals surface area contributed by atoms with Crippen LogP contribution in [0.4, 0.5) is 11.4 Å². The van der Waals surface area contributed by atoms with E-state index in [-0.39, 0.29) is 18.0 Å². The first-order valence-electron chi connectivity index (χ1n) is 8.59. The number of benzene rings is 2. The van der Waals surface area contributed by atoms with Gasteiger partial charge < -0.3 is 4.74 Å². The third-order valence-corrected chi connectivity index (χ3v) is 4.35. The molecular weight excluding hydrogens is 376 g/mol. The van der Waals surface area contributed by atoms with E-state index in [1.807, 2.05) is 12.1 Å². The molecule has 0 aliphatic heterocycles. The molecule has 0 radical (unpaired) electrons. The van der Waals surface area contributed by atoms with Crippen molar-refractivity contribution in [3.05, 3.63) is 98.8 Å². The number of rotatable bonds is 6. The van der Waals surface area contributed by atoms with Gasteiger partial charge in [0.2, 0.25) is 0 Å². The van der Waals surface area contributed by atoms with Crippen LogP contribution in [-0.4, -0.2) is 19.2 Å². The molecule has 9 heteroatoms. The van der Waals surface area contributed by atoms with E-state index in [1.54, 1.807) is 40.9 Å². The molecular formula is C20H14N4O5. The zero-order valence-electron chi connectivity index (χ0n) is 15.0. The van der Waals surface area contributed by atoms with Crippen LogP contribution in [0.15, 0.2) is 73.1 Å². The number of ether oxygens (including phenoxy) is 1. The lowest BCUT2D eigenvalue weighted by atomic mass is 10.1. The molecule has 0 amide bonds. The Morgan fingerprint density at radius 1 is 0.828 bits per heavy atom. The second-order valence-electron chi connectivity index (χ2n) is 6.27. The standard InChI is InChI=1S/C20H14N4O5/c25-23(26)16-5-1-14(2-6-16)13-29-18-8-3-15(4-9-18)19-12-22-11-17(24(27)28)7-10-20(22)21-19/h1-12H,13H2. The summed E-state index contributed by atoms with van der Waals surface area (Å²) in [6.07, 6.45) is 3.16. The molecule has 0 aliphatic rings. The highest BCUT2D eigenvalue weighted by Gasteiger charge is 2.10. The number of pyridine rings is 1. The van der Waals surface area contributed by atoms with Crippen molar-refractivity contribution < 1.29 is 14.6 Å². The van der Waals surface area contributed by atoms with Crippen molar-refractivity contribution in [2.24, 2.45) is 0 Å². The van der Waals surface area contributed by atoms with E-state index in [0.29, 0.717) is 17.1 Å². The molecule has 0 spiro atoms. The molecule has 0 saturated heterocycles. The highest BCUT2D eigenvalue weighted by Crippen LogP contribution is 2.24. The predicted molar refractivity (Wildman–Crippen MR) is 105 cm³/mol. The summed E-state index contributed by atoms with van der Waals surface area (Å²) in [5.41, 5.74) is 3.00. The van der Waals surface area contributed by atoms with Crippen LogP contribution in [0.3, 0.4) is 0 Å². The van der Waals surface area contributed by atoms with E-state index in [0.717, 1.165) is 11.1 Å². The van der Waals surface area contributed by atoms with E-state index >= 15 is 0 Å². The van der Waals surface area contributed by atoms with Crippen molar-refractivity contribution in [3.63, 3.8) is 0 Å². The van der Waals surface area contributed by atoms with Crippen molar-refractivity contribution >= 4 is 17.0 Å². The van der Waals surface area contributed by atoms with Gasteiger partial charge in [-0.05, 0) is 48.0 Å². The summed E-state index contributed by atoms with van der Waals surface area (Å²) in [5, 5.41) is 21.6. The number of nitrogens with zero attached hydrogens (tertiary/aromatic N) is 4. The summed E-state index contributed by atoms with van der Waals surface area (Å²) < 4.78 is 7.33. The Labute approximate surface area is 164 Å². The number of hydrogen-bond donors (Lipinski definition) is 0. The molecule has 0 saturated carbocycles. The zero-order chi connectivity index (χ0) is 20.4. The molecule has 2 aromatic carbocycles. The van der Waals surface area contributed by atoms with Crippen molar-refractivity contribution in [2.75, 3.05) is 0 Å². The Morgan fingerprint density at radius 3 is 2.14 bits per heavy atom. The largest absolute Gasteiger partial charge is 0.489 e. The third kappa shape index (κ3) is 3.88. The molecule has 0 N–H and O–H groups in total. The maximum Gasteiger partial charge on any atom is 0.286 e. The quantitative estimate of drug-likeness (QED) is 0.356. The highest BCUT2D eigenvalue weighted by atomic mass is 16.6. The molecule has 29 heavy (non-hydrogen) atoms. The number of aromatic nitrogens is 2. The number of imidazole rings is 1. The average Bonchev–Trinajstić information content (AvgIpc) is 3.16. The van der Waals surface area contributed by atoms with Crippen LogP contribution in [0, 0.1) is 20.2 Å². The van der Waals surface area contributed by atoms with Crippen LogP contribution in [0.5, 0.6) is 5.75 Å². The van der Waals surface area contributed by atoms with Gasteiger partial charge >= 0.3 is 0 Å². The van der Waals surface area contributed by atoms with E-state index in [2.05, 4.69) is 4.98 Å². The minimum atomic E-state index is -0.448. The van der Waals surface area contributed by atoms with Gasteiger partial charge in [0.1, 0.15) is 18.0 Å². The van der Waals surface area contributed by atoms with Gasteiger partial charge in [0.25, 0.3) is 11.4 Å². The summed E-state index contributed by atoms with van der Waals surface area (Å²) in [6, 6.07) is 16.5. The first kappa shape index (κ1) is 18.1. The number of hydrogen-bond acceptors (Lipinski definition) is 6. The highest BCUT2D eigenvalue weighted by molar-refractivity contribution is 5.63. The Balaban J connectivity index is 1.46. The molecule has 9 nitrogen and oxygen atoms in total. The van der Waals surface area contributed by atoms with Crippen LogP contribution >= 0.6 is 0 Å². The minimum absolute atomic E-state index is 0.00329. The number of nitro benzene ring substituents is 1. The molecule has 144 valence electrons. The van der Waals surface area contributed by atoms with Gasteiger partial charge in [-0.2, -0.15) is 0 Å². The van der Waals surface area contributed by atoms with Gasteiger partial charge in [0, 0.05) is 30.0 Å². The first-order chi connectivity index (χ1) is 14.0. The molecule has 2 aromatic heterocycles. The molecule has 4 rings (SSSR count). The second kappa shape index (κ2) is 7.39. The lowest BCUT2D eigenvalue weighted by Crippen LogP contribution is -1.96. The fourth-order valence-electron chi connectivity index (χ4n) is 2.83. The van der Waals surface area contributed by atoms with Crippen LogP contribution < -0.4 is 4.74 Å². The van der Waals surface area contributed by atoms with Gasteiger partial charge in [-0.1, -0.05) is 0 Å². The molecule has 2 heterocycles. The SMILES string of the molecule is O=[N+]([O-])c1ccc(COc2ccc(-c3cn4cc([N+](=O)[O-])ccc4n3)cc2)cc1. The van der Waals surface area contributed by atoms with E-state index < -0.39 is 9.85 Å². The number of fused-ring (bicyclic) bond motifs is 1. The summed E-state index contributed by atoms with van der Waals surface area (Å²) in [4.78, 5) is 25.2. The molecule has 4 aromatic rings. The average molecular weight is 390 g/mol. The van der Waals surface area contributed by atoms with E-state index in [9.17, 15) is 20.2 Å². The summed E-state index contributed by atoms with van der Waals surface area (Å²) in [5.74, 6) is 0.645. The normalized spacial score (nSPS) is 10.8. The zero-order valence-corrected chi connectivity index (χ0v) is 15.0. The predicted octanol–water partition coefficient (Wildman–Crippen LogP) is 4.40. The lowest BCUT2D eigenvalue weighted by molar-refractivity contribution is -0.385. The topological polar surface area (TPSA) is 113 Å². The molecule has 0 atom stereocenters. The molecule has 0 unspecified atom stereocenters. The summed E-state index contributed by atoms with van der Waals surface area (Å²) >= 11 is 0. The molecule has 0 fully saturated rings. The fraction of sp³-hybridized carbons (Fsp3) is 0.0500. The first-order valence-corrected chi connectivity index (χ1v) is 8.59. The summed E-state index contributed by atoms with van der Waals surface area (Å²) in [7, 11) is 0. The fourth-order valence-corrected chi connectivity index (χ4v) is 2.83. The number of nitro groups is 2. The second-order valence-corrected chi connectivity index (χ2v) is 6.27. The maximum atomic E-state index is 10.9. The Morgan fingerprint density at radius 2 is 1.48 bits per heavy atom.